The van der Waals surface area contributed by atoms with E-state index in [1.165, 1.54) is 5.56 Å². The van der Waals surface area contributed by atoms with Gasteiger partial charge in [0.05, 0.1) is 11.9 Å². The van der Waals surface area contributed by atoms with Crippen LogP contribution in [-0.2, 0) is 6.42 Å². The van der Waals surface area contributed by atoms with Crippen molar-refractivity contribution in [1.82, 2.24) is 4.98 Å². The van der Waals surface area contributed by atoms with Crippen molar-refractivity contribution >= 4 is 23.1 Å². The Labute approximate surface area is 141 Å². The van der Waals surface area contributed by atoms with Crippen LogP contribution in [0.25, 0.3) is 0 Å². The number of nitrogens with one attached hydrogen (secondary N) is 2. The smallest absolute Gasteiger partial charge is 0.256 e. The maximum Gasteiger partial charge on any atom is 0.256 e. The van der Waals surface area contributed by atoms with Crippen LogP contribution in [0.15, 0.2) is 72.9 Å². The van der Waals surface area contributed by atoms with Crippen molar-refractivity contribution < 1.29 is 4.79 Å². The quantitative estimate of drug-likeness (QED) is 0.721. The van der Waals surface area contributed by atoms with Gasteiger partial charge in [-0.25, -0.2) is 4.98 Å². The van der Waals surface area contributed by atoms with Crippen molar-refractivity contribution in [1.29, 1.82) is 0 Å². The largest absolute Gasteiger partial charge is 0.354 e. The van der Waals surface area contributed by atoms with Gasteiger partial charge >= 0.3 is 0 Å². The highest BCUT2D eigenvalue weighted by Crippen LogP contribution is 2.18. The predicted octanol–water partition coefficient (Wildman–Crippen LogP) is 4.64. The van der Waals surface area contributed by atoms with Crippen LogP contribution in [0.3, 0.4) is 0 Å². The summed E-state index contributed by atoms with van der Waals surface area (Å²) in [6.45, 7) is 2.13. The average molecular weight is 317 g/mol. The molecule has 0 fully saturated rings. The van der Waals surface area contributed by atoms with Gasteiger partial charge in [-0.2, -0.15) is 0 Å². The molecular weight excluding hydrogens is 298 g/mol. The lowest BCUT2D eigenvalue weighted by Gasteiger charge is -2.08. The summed E-state index contributed by atoms with van der Waals surface area (Å²) in [6.07, 6.45) is 2.73. The van der Waals surface area contributed by atoms with E-state index in [9.17, 15) is 4.79 Å². The van der Waals surface area contributed by atoms with Crippen LogP contribution in [0, 0.1) is 0 Å². The number of hydrogen-bond acceptors (Lipinski definition) is 3. The fraction of sp³-hybridized carbons (Fsp3) is 0.100. The Morgan fingerprint density at radius 2 is 1.62 bits per heavy atom. The summed E-state index contributed by atoms with van der Waals surface area (Å²) in [6, 6.07) is 21.0. The summed E-state index contributed by atoms with van der Waals surface area (Å²) in [5.74, 6) is 0.356. The van der Waals surface area contributed by atoms with E-state index in [4.69, 9.17) is 0 Å². The minimum Gasteiger partial charge on any atom is -0.354 e. The van der Waals surface area contributed by atoms with Crippen molar-refractivity contribution in [2.24, 2.45) is 0 Å². The molecule has 2 aromatic carbocycles. The van der Waals surface area contributed by atoms with E-state index >= 15 is 0 Å². The van der Waals surface area contributed by atoms with Crippen molar-refractivity contribution in [3.63, 3.8) is 0 Å². The van der Waals surface area contributed by atoms with Crippen LogP contribution in [0.1, 0.15) is 22.8 Å². The molecule has 0 aliphatic rings. The molecule has 0 bridgehead atoms. The third-order valence-corrected chi connectivity index (χ3v) is 3.69. The molecule has 0 saturated carbocycles. The fourth-order valence-corrected chi connectivity index (χ4v) is 2.31. The van der Waals surface area contributed by atoms with E-state index < -0.39 is 0 Å². The summed E-state index contributed by atoms with van der Waals surface area (Å²) in [7, 11) is 0. The molecule has 3 aromatic rings. The first kappa shape index (κ1) is 15.7. The van der Waals surface area contributed by atoms with Crippen LogP contribution in [-0.4, -0.2) is 10.9 Å². The van der Waals surface area contributed by atoms with Gasteiger partial charge in [0.15, 0.2) is 0 Å². The lowest BCUT2D eigenvalue weighted by molar-refractivity contribution is 0.102. The summed E-state index contributed by atoms with van der Waals surface area (Å²) < 4.78 is 0. The number of hydrogen-bond donors (Lipinski definition) is 2. The van der Waals surface area contributed by atoms with Crippen LogP contribution < -0.4 is 10.6 Å². The van der Waals surface area contributed by atoms with Gasteiger partial charge in [-0.1, -0.05) is 37.3 Å². The van der Waals surface area contributed by atoms with Gasteiger partial charge in [-0.3, -0.25) is 4.79 Å². The van der Waals surface area contributed by atoms with Gasteiger partial charge in [0, 0.05) is 11.3 Å². The number of aromatic nitrogens is 1. The number of anilines is 3. The van der Waals surface area contributed by atoms with Crippen LogP contribution in [0.2, 0.25) is 0 Å². The molecule has 0 aliphatic carbocycles. The maximum absolute atomic E-state index is 12.1. The molecule has 3 rings (SSSR count). The number of nitrogens with zero attached hydrogens (tertiary/aromatic N) is 1. The minimum atomic E-state index is -0.168. The van der Waals surface area contributed by atoms with Crippen molar-refractivity contribution in [2.75, 3.05) is 10.6 Å². The van der Waals surface area contributed by atoms with Gasteiger partial charge in [0.1, 0.15) is 5.82 Å². The molecule has 2 N–H and O–H groups in total. The van der Waals surface area contributed by atoms with Crippen LogP contribution in [0.4, 0.5) is 17.2 Å². The SMILES string of the molecule is CCc1ccc(Nc2ccc(NC(=O)c3ccccc3)nc2)cc1. The molecule has 1 aromatic heterocycles. The summed E-state index contributed by atoms with van der Waals surface area (Å²) in [5, 5.41) is 6.08. The van der Waals surface area contributed by atoms with E-state index in [0.29, 0.717) is 11.4 Å². The second-order valence-corrected chi connectivity index (χ2v) is 5.43. The van der Waals surface area contributed by atoms with E-state index in [0.717, 1.165) is 17.8 Å². The minimum absolute atomic E-state index is 0.168. The Kier molecular flexibility index (Phi) is 4.87. The summed E-state index contributed by atoms with van der Waals surface area (Å²) in [5.41, 5.74) is 3.79. The number of pyridine rings is 1. The molecule has 0 atom stereocenters. The Hall–Kier alpha value is -3.14. The average Bonchev–Trinajstić information content (AvgIpc) is 2.65. The summed E-state index contributed by atoms with van der Waals surface area (Å²) in [4.78, 5) is 16.4. The molecule has 4 heteroatoms. The van der Waals surface area contributed by atoms with E-state index in [-0.39, 0.29) is 5.91 Å². The van der Waals surface area contributed by atoms with Crippen molar-refractivity contribution in [3.05, 3.63) is 84.1 Å². The Morgan fingerprint density at radius 3 is 2.25 bits per heavy atom. The molecular formula is C20H19N3O. The molecule has 4 nitrogen and oxygen atoms in total. The maximum atomic E-state index is 12.1. The molecule has 120 valence electrons. The lowest BCUT2D eigenvalue weighted by Crippen LogP contribution is -2.12. The number of carbonyl (C=O) groups is 1. The fourth-order valence-electron chi connectivity index (χ4n) is 2.31. The van der Waals surface area contributed by atoms with Crippen LogP contribution >= 0.6 is 0 Å². The van der Waals surface area contributed by atoms with Gasteiger partial charge in [0.25, 0.3) is 5.91 Å². The van der Waals surface area contributed by atoms with E-state index in [1.54, 1.807) is 24.4 Å². The second kappa shape index (κ2) is 7.42. The molecule has 1 amide bonds. The molecule has 0 saturated heterocycles. The van der Waals surface area contributed by atoms with E-state index in [1.807, 2.05) is 36.4 Å². The lowest BCUT2D eigenvalue weighted by atomic mass is 10.1. The third kappa shape index (κ3) is 3.98. The zero-order valence-corrected chi connectivity index (χ0v) is 13.5. The first-order valence-electron chi connectivity index (χ1n) is 7.93. The van der Waals surface area contributed by atoms with Crippen molar-refractivity contribution in [2.45, 2.75) is 13.3 Å². The molecule has 1 heterocycles. The van der Waals surface area contributed by atoms with Gasteiger partial charge in [-0.15, -0.1) is 0 Å². The van der Waals surface area contributed by atoms with Crippen LogP contribution in [0.5, 0.6) is 0 Å². The zero-order valence-electron chi connectivity index (χ0n) is 13.5. The highest BCUT2D eigenvalue weighted by Gasteiger charge is 2.05. The van der Waals surface area contributed by atoms with Crippen molar-refractivity contribution in [3.8, 4) is 0 Å². The molecule has 0 spiro atoms. The monoisotopic (exact) mass is 317 g/mol. The number of carbonyl (C=O) groups excluding carboxylic acids is 1. The third-order valence-electron chi connectivity index (χ3n) is 3.69. The Morgan fingerprint density at radius 1 is 0.917 bits per heavy atom. The number of amides is 1. The molecule has 0 radical (unpaired) electrons. The highest BCUT2D eigenvalue weighted by molar-refractivity contribution is 6.03. The topological polar surface area (TPSA) is 54.0 Å². The highest BCUT2D eigenvalue weighted by atomic mass is 16.1. The number of aryl methyl sites for hydroxylation is 1. The standard InChI is InChI=1S/C20H19N3O/c1-2-15-8-10-17(11-9-15)22-18-12-13-19(21-14-18)23-20(24)16-6-4-3-5-7-16/h3-14,22H,2H2,1H3,(H,21,23,24). The van der Waals surface area contributed by atoms with Gasteiger partial charge in [0.2, 0.25) is 0 Å². The summed E-state index contributed by atoms with van der Waals surface area (Å²) >= 11 is 0. The normalized spacial score (nSPS) is 10.2. The molecule has 0 aliphatic heterocycles. The molecule has 0 unspecified atom stereocenters. The number of rotatable bonds is 5. The van der Waals surface area contributed by atoms with E-state index in [2.05, 4.69) is 34.7 Å². The zero-order chi connectivity index (χ0) is 16.8. The second-order valence-electron chi connectivity index (χ2n) is 5.43. The first-order valence-corrected chi connectivity index (χ1v) is 7.93. The Balaban J connectivity index is 1.63. The number of benzene rings is 2. The Bertz CT molecular complexity index is 797. The first-order chi connectivity index (χ1) is 11.7. The predicted molar refractivity (Wildman–Crippen MR) is 97.7 cm³/mol. The van der Waals surface area contributed by atoms with Gasteiger partial charge < -0.3 is 10.6 Å². The van der Waals surface area contributed by atoms with Gasteiger partial charge in [-0.05, 0) is 48.4 Å². The molecule has 24 heavy (non-hydrogen) atoms.